The average molecular weight is 392 g/mol. The van der Waals surface area contributed by atoms with Crippen molar-refractivity contribution < 1.29 is 5.11 Å². The van der Waals surface area contributed by atoms with Crippen molar-refractivity contribution in [3.8, 4) is 5.75 Å². The Morgan fingerprint density at radius 2 is 1.72 bits per heavy atom. The summed E-state index contributed by atoms with van der Waals surface area (Å²) in [5, 5.41) is 10.1. The molecule has 5 unspecified atom stereocenters. The maximum absolute atomic E-state index is 10.1. The van der Waals surface area contributed by atoms with Gasteiger partial charge >= 0.3 is 0 Å². The summed E-state index contributed by atoms with van der Waals surface area (Å²) in [6.45, 7) is 9.74. The Hall–Kier alpha value is -1.80. The van der Waals surface area contributed by atoms with Crippen molar-refractivity contribution in [3.63, 3.8) is 0 Å². The number of rotatable bonds is 6. The van der Waals surface area contributed by atoms with Gasteiger partial charge in [0.15, 0.2) is 0 Å². The van der Waals surface area contributed by atoms with Crippen LogP contribution in [0.25, 0.3) is 0 Å². The van der Waals surface area contributed by atoms with Gasteiger partial charge in [0, 0.05) is 13.1 Å². The maximum Gasteiger partial charge on any atom is 0.115 e. The Morgan fingerprint density at radius 3 is 2.45 bits per heavy atom. The lowest BCUT2D eigenvalue weighted by molar-refractivity contribution is -0.00299. The molecule has 2 fully saturated rings. The van der Waals surface area contributed by atoms with Gasteiger partial charge in [-0.3, -0.25) is 0 Å². The van der Waals surface area contributed by atoms with E-state index in [1.807, 2.05) is 12.1 Å². The summed E-state index contributed by atoms with van der Waals surface area (Å²) in [5.74, 6) is 3.77. The van der Waals surface area contributed by atoms with Crippen LogP contribution in [0.2, 0.25) is 0 Å². The quantitative estimate of drug-likeness (QED) is 0.656. The fourth-order valence-electron chi connectivity index (χ4n) is 6.91. The number of nitrogens with zero attached hydrogens (tertiary/aromatic N) is 1. The van der Waals surface area contributed by atoms with E-state index in [1.54, 1.807) is 6.07 Å². The summed E-state index contributed by atoms with van der Waals surface area (Å²) < 4.78 is 0. The summed E-state index contributed by atoms with van der Waals surface area (Å²) in [4.78, 5) is 2.55. The second-order valence-electron chi connectivity index (χ2n) is 10.3. The Bertz CT molecular complexity index is 814. The van der Waals surface area contributed by atoms with Crippen LogP contribution in [-0.2, 0) is 6.42 Å². The predicted molar refractivity (Wildman–Crippen MR) is 121 cm³/mol. The molecule has 1 N–H and O–H groups in total. The SMILES string of the molecule is CC1C(c2cccc(O)c2)C(CN(C)CCc2ccccc2)C2CCC1C2(C)C. The molecule has 2 nitrogen and oxygen atoms in total. The number of phenolic OH excluding ortho intramolecular Hbond substituents is 1. The zero-order valence-corrected chi connectivity index (χ0v) is 18.5. The van der Waals surface area contributed by atoms with Crippen LogP contribution in [-0.4, -0.2) is 30.1 Å². The lowest BCUT2D eigenvalue weighted by atomic mass is 9.54. The van der Waals surface area contributed by atoms with E-state index in [9.17, 15) is 5.11 Å². The first-order chi connectivity index (χ1) is 13.9. The molecule has 156 valence electrons. The van der Waals surface area contributed by atoms with Crippen molar-refractivity contribution in [3.05, 3.63) is 65.7 Å². The summed E-state index contributed by atoms with van der Waals surface area (Å²) >= 11 is 0. The number of fused-ring (bicyclic) bond motifs is 2. The Balaban J connectivity index is 1.56. The molecule has 2 heteroatoms. The molecule has 0 radical (unpaired) electrons. The third kappa shape index (κ3) is 3.97. The highest BCUT2D eigenvalue weighted by Crippen LogP contribution is 2.63. The van der Waals surface area contributed by atoms with E-state index in [0.29, 0.717) is 28.9 Å². The van der Waals surface area contributed by atoms with Gasteiger partial charge < -0.3 is 10.0 Å². The van der Waals surface area contributed by atoms with E-state index in [-0.39, 0.29) is 0 Å². The summed E-state index contributed by atoms with van der Waals surface area (Å²) in [6, 6.07) is 18.9. The van der Waals surface area contributed by atoms with Crippen molar-refractivity contribution in [1.82, 2.24) is 4.90 Å². The Labute approximate surface area is 177 Å². The van der Waals surface area contributed by atoms with Gasteiger partial charge in [0.1, 0.15) is 5.75 Å². The molecule has 2 saturated carbocycles. The van der Waals surface area contributed by atoms with Crippen molar-refractivity contribution in [2.24, 2.45) is 29.1 Å². The lowest BCUT2D eigenvalue weighted by Gasteiger charge is -2.52. The third-order valence-corrected chi connectivity index (χ3v) is 8.28. The highest BCUT2D eigenvalue weighted by Gasteiger charge is 2.56. The molecule has 4 rings (SSSR count). The fourth-order valence-corrected chi connectivity index (χ4v) is 6.91. The van der Waals surface area contributed by atoms with E-state index in [2.05, 4.69) is 69.1 Å². The Morgan fingerprint density at radius 1 is 1.00 bits per heavy atom. The average Bonchev–Trinajstić information content (AvgIpc) is 2.91. The second kappa shape index (κ2) is 8.14. The van der Waals surface area contributed by atoms with Crippen molar-refractivity contribution in [2.75, 3.05) is 20.1 Å². The molecule has 0 aromatic heterocycles. The predicted octanol–water partition coefficient (Wildman–Crippen LogP) is 5.97. The molecule has 0 amide bonds. The lowest BCUT2D eigenvalue weighted by Crippen LogP contribution is -2.48. The van der Waals surface area contributed by atoms with Crippen LogP contribution < -0.4 is 0 Å². The zero-order valence-electron chi connectivity index (χ0n) is 18.5. The minimum Gasteiger partial charge on any atom is -0.508 e. The highest BCUT2D eigenvalue weighted by molar-refractivity contribution is 5.32. The number of hydrogen-bond acceptors (Lipinski definition) is 2. The normalized spacial score (nSPS) is 30.6. The zero-order chi connectivity index (χ0) is 20.6. The first-order valence-corrected chi connectivity index (χ1v) is 11.4. The molecule has 0 spiro atoms. The maximum atomic E-state index is 10.1. The van der Waals surface area contributed by atoms with Crippen LogP contribution >= 0.6 is 0 Å². The molecule has 2 aliphatic rings. The fraction of sp³-hybridized carbons (Fsp3) is 0.556. The van der Waals surface area contributed by atoms with Gasteiger partial charge in [0.05, 0.1) is 0 Å². The molecule has 2 aromatic carbocycles. The first-order valence-electron chi connectivity index (χ1n) is 11.4. The van der Waals surface area contributed by atoms with Gasteiger partial charge in [-0.15, -0.1) is 0 Å². The molecule has 0 aliphatic heterocycles. The smallest absolute Gasteiger partial charge is 0.115 e. The number of aromatic hydroxyl groups is 1. The van der Waals surface area contributed by atoms with Crippen LogP contribution in [0.4, 0.5) is 0 Å². The highest BCUT2D eigenvalue weighted by atomic mass is 16.3. The summed E-state index contributed by atoms with van der Waals surface area (Å²) in [7, 11) is 2.29. The molecule has 2 bridgehead atoms. The molecule has 29 heavy (non-hydrogen) atoms. The standard InChI is InChI=1S/C27H37NO/c1-19-24-13-14-25(27(24,2)3)23(26(19)21-11-8-12-22(29)17-21)18-28(4)16-15-20-9-6-5-7-10-20/h5-12,17,19,23-26,29H,13-16,18H2,1-4H3. The topological polar surface area (TPSA) is 23.5 Å². The molecule has 0 heterocycles. The second-order valence-corrected chi connectivity index (χ2v) is 10.3. The molecule has 5 atom stereocenters. The summed E-state index contributed by atoms with van der Waals surface area (Å²) in [6.07, 6.45) is 3.82. The number of likely N-dealkylation sites (N-methyl/N-ethyl adjacent to an activating group) is 1. The minimum absolute atomic E-state index is 0.406. The van der Waals surface area contributed by atoms with E-state index in [0.717, 1.165) is 31.3 Å². The third-order valence-electron chi connectivity index (χ3n) is 8.28. The van der Waals surface area contributed by atoms with Crippen molar-refractivity contribution in [1.29, 1.82) is 0 Å². The van der Waals surface area contributed by atoms with Gasteiger partial charge in [0.2, 0.25) is 0 Å². The largest absolute Gasteiger partial charge is 0.508 e. The molecule has 2 aromatic rings. The van der Waals surface area contributed by atoms with Crippen LogP contribution in [0.5, 0.6) is 5.75 Å². The van der Waals surface area contributed by atoms with Gasteiger partial charge in [-0.1, -0.05) is 63.2 Å². The van der Waals surface area contributed by atoms with Crippen LogP contribution in [0.15, 0.2) is 54.6 Å². The minimum atomic E-state index is 0.406. The van der Waals surface area contributed by atoms with Gasteiger partial charge in [-0.05, 0) is 84.6 Å². The van der Waals surface area contributed by atoms with Crippen LogP contribution in [0.1, 0.15) is 50.7 Å². The van der Waals surface area contributed by atoms with Gasteiger partial charge in [-0.25, -0.2) is 0 Å². The van der Waals surface area contributed by atoms with Crippen LogP contribution in [0.3, 0.4) is 0 Å². The molecular formula is C27H37NO. The number of phenols is 1. The van der Waals surface area contributed by atoms with E-state index < -0.39 is 0 Å². The van der Waals surface area contributed by atoms with Crippen molar-refractivity contribution >= 4 is 0 Å². The van der Waals surface area contributed by atoms with Gasteiger partial charge in [0.25, 0.3) is 0 Å². The molecule has 0 saturated heterocycles. The van der Waals surface area contributed by atoms with E-state index in [4.69, 9.17) is 0 Å². The van der Waals surface area contributed by atoms with Gasteiger partial charge in [-0.2, -0.15) is 0 Å². The Kier molecular flexibility index (Phi) is 5.75. The number of benzene rings is 2. The summed E-state index contributed by atoms with van der Waals surface area (Å²) in [5.41, 5.74) is 3.17. The number of hydrogen-bond donors (Lipinski definition) is 1. The van der Waals surface area contributed by atoms with Crippen molar-refractivity contribution in [2.45, 2.75) is 46.0 Å². The first kappa shape index (κ1) is 20.5. The monoisotopic (exact) mass is 391 g/mol. The molecule has 2 aliphatic carbocycles. The molecular weight excluding hydrogens is 354 g/mol. The van der Waals surface area contributed by atoms with E-state index in [1.165, 1.54) is 24.0 Å². The van der Waals surface area contributed by atoms with E-state index >= 15 is 0 Å². The van der Waals surface area contributed by atoms with Crippen LogP contribution in [0, 0.1) is 29.1 Å².